The van der Waals surface area contributed by atoms with Gasteiger partial charge in [0.05, 0.1) is 5.56 Å². The van der Waals surface area contributed by atoms with E-state index in [2.05, 4.69) is 0 Å². The molecule has 8 heteroatoms. The molecule has 0 spiro atoms. The van der Waals surface area contributed by atoms with Crippen molar-refractivity contribution in [2.45, 2.75) is 0 Å². The van der Waals surface area contributed by atoms with Crippen LogP contribution in [0.4, 0.5) is 4.79 Å². The van der Waals surface area contributed by atoms with Gasteiger partial charge < -0.3 is 4.74 Å². The van der Waals surface area contributed by atoms with Gasteiger partial charge in [-0.05, 0) is 42.0 Å². The first kappa shape index (κ1) is 17.4. The maximum Gasteiger partial charge on any atom is 0.343 e. The van der Waals surface area contributed by atoms with Gasteiger partial charge in [-0.1, -0.05) is 29.8 Å². The highest BCUT2D eigenvalue weighted by atomic mass is 35.5. The fourth-order valence-corrected chi connectivity index (χ4v) is 2.38. The highest BCUT2D eigenvalue weighted by Crippen LogP contribution is 2.18. The van der Waals surface area contributed by atoms with E-state index in [0.29, 0.717) is 16.1 Å². The molecule has 0 aromatic heterocycles. The van der Waals surface area contributed by atoms with Crippen LogP contribution in [0.15, 0.2) is 54.1 Å². The molecule has 1 aliphatic rings. The summed E-state index contributed by atoms with van der Waals surface area (Å²) in [5, 5.41) is 4.38. The molecule has 0 bridgehead atoms. The Labute approximate surface area is 152 Å². The molecule has 0 unspecified atom stereocenters. The van der Waals surface area contributed by atoms with Gasteiger partial charge in [0.1, 0.15) is 11.3 Å². The van der Waals surface area contributed by atoms with Crippen molar-refractivity contribution in [3.8, 4) is 5.75 Å². The van der Waals surface area contributed by atoms with Crippen LogP contribution < -0.4 is 15.4 Å². The first-order chi connectivity index (χ1) is 12.4. The minimum atomic E-state index is -0.861. The fraction of sp³-hybridized carbons (Fsp3) is 0. The highest BCUT2D eigenvalue weighted by molar-refractivity contribution is 6.31. The summed E-state index contributed by atoms with van der Waals surface area (Å²) in [4.78, 5) is 46.4. The van der Waals surface area contributed by atoms with Gasteiger partial charge in [-0.2, -0.15) is 0 Å². The summed E-state index contributed by atoms with van der Waals surface area (Å²) >= 11 is 5.84. The Hall–Kier alpha value is -3.45. The number of barbiturate groups is 1. The molecule has 1 heterocycles. The van der Waals surface area contributed by atoms with Gasteiger partial charge in [-0.15, -0.1) is 0 Å². The van der Waals surface area contributed by atoms with Crippen molar-refractivity contribution in [1.29, 1.82) is 0 Å². The van der Waals surface area contributed by atoms with Crippen LogP contribution in [0.5, 0.6) is 5.75 Å². The molecule has 1 fully saturated rings. The molecule has 2 N–H and O–H groups in total. The summed E-state index contributed by atoms with van der Waals surface area (Å²) < 4.78 is 5.24. The summed E-state index contributed by atoms with van der Waals surface area (Å²) in [6.45, 7) is 0. The van der Waals surface area contributed by atoms with E-state index in [9.17, 15) is 19.2 Å². The predicted octanol–water partition coefficient (Wildman–Crippen LogP) is 2.31. The van der Waals surface area contributed by atoms with Gasteiger partial charge >= 0.3 is 12.0 Å². The van der Waals surface area contributed by atoms with Crippen molar-refractivity contribution < 1.29 is 23.9 Å². The Kier molecular flexibility index (Phi) is 4.81. The van der Waals surface area contributed by atoms with Crippen LogP contribution in [0.25, 0.3) is 6.08 Å². The number of benzene rings is 2. The van der Waals surface area contributed by atoms with E-state index >= 15 is 0 Å². The Morgan fingerprint density at radius 1 is 0.962 bits per heavy atom. The summed E-state index contributed by atoms with van der Waals surface area (Å²) in [7, 11) is 0. The second-order valence-corrected chi connectivity index (χ2v) is 5.70. The summed E-state index contributed by atoms with van der Waals surface area (Å²) in [5.41, 5.74) is 0.624. The zero-order valence-corrected chi connectivity index (χ0v) is 13.9. The van der Waals surface area contributed by atoms with E-state index in [-0.39, 0.29) is 11.3 Å². The largest absolute Gasteiger partial charge is 0.423 e. The molecule has 2 aromatic rings. The molecule has 26 heavy (non-hydrogen) atoms. The van der Waals surface area contributed by atoms with Crippen LogP contribution in [-0.4, -0.2) is 23.8 Å². The lowest BCUT2D eigenvalue weighted by atomic mass is 10.1. The van der Waals surface area contributed by atoms with E-state index < -0.39 is 23.8 Å². The number of rotatable bonds is 3. The van der Waals surface area contributed by atoms with Crippen LogP contribution >= 0.6 is 11.6 Å². The average molecular weight is 371 g/mol. The lowest BCUT2D eigenvalue weighted by Crippen LogP contribution is -2.51. The second kappa shape index (κ2) is 7.20. The van der Waals surface area contributed by atoms with E-state index in [1.807, 2.05) is 10.6 Å². The van der Waals surface area contributed by atoms with Crippen molar-refractivity contribution in [3.63, 3.8) is 0 Å². The zero-order valence-electron chi connectivity index (χ0n) is 13.1. The number of hydrogen-bond donors (Lipinski definition) is 2. The SMILES string of the molecule is O=C1NC(=O)C(=Cc2ccc(OC(=O)c3cccc(Cl)c3)cc2)C(=O)N1. The molecular formula is C18H11ClN2O5. The minimum absolute atomic E-state index is 0.201. The van der Waals surface area contributed by atoms with Crippen molar-refractivity contribution in [1.82, 2.24) is 10.6 Å². The van der Waals surface area contributed by atoms with Gasteiger partial charge in [0.25, 0.3) is 11.8 Å². The van der Waals surface area contributed by atoms with E-state index in [0.717, 1.165) is 0 Å². The molecule has 3 rings (SSSR count). The first-order valence-electron chi connectivity index (χ1n) is 7.38. The monoisotopic (exact) mass is 370 g/mol. The second-order valence-electron chi connectivity index (χ2n) is 5.26. The quantitative estimate of drug-likeness (QED) is 0.373. The van der Waals surface area contributed by atoms with Crippen LogP contribution in [0.2, 0.25) is 5.02 Å². The number of urea groups is 1. The molecule has 1 saturated heterocycles. The normalized spacial score (nSPS) is 13.7. The lowest BCUT2D eigenvalue weighted by Gasteiger charge is -2.13. The smallest absolute Gasteiger partial charge is 0.343 e. The van der Waals surface area contributed by atoms with Gasteiger partial charge in [-0.3, -0.25) is 20.2 Å². The van der Waals surface area contributed by atoms with Gasteiger partial charge in [-0.25, -0.2) is 9.59 Å². The maximum atomic E-state index is 12.1. The van der Waals surface area contributed by atoms with Crippen molar-refractivity contribution in [2.24, 2.45) is 0 Å². The number of halogens is 1. The Balaban J connectivity index is 1.73. The van der Waals surface area contributed by atoms with Crippen LogP contribution in [0.3, 0.4) is 0 Å². The Bertz CT molecular complexity index is 928. The number of esters is 1. The number of nitrogens with one attached hydrogen (secondary N) is 2. The molecule has 4 amide bonds. The minimum Gasteiger partial charge on any atom is -0.423 e. The van der Waals surface area contributed by atoms with Crippen LogP contribution in [-0.2, 0) is 9.59 Å². The van der Waals surface area contributed by atoms with E-state index in [4.69, 9.17) is 16.3 Å². The number of hydrogen-bond acceptors (Lipinski definition) is 5. The third-order valence-electron chi connectivity index (χ3n) is 3.41. The standard InChI is InChI=1S/C18H11ClN2O5/c19-12-3-1-2-11(9-12)17(24)26-13-6-4-10(5-7-13)8-14-15(22)20-18(25)21-16(14)23/h1-9H,(H2,20,21,22,23,25). The molecule has 0 radical (unpaired) electrons. The maximum absolute atomic E-state index is 12.1. The summed E-state index contributed by atoms with van der Waals surface area (Å²) in [6.07, 6.45) is 1.32. The summed E-state index contributed by atoms with van der Waals surface area (Å²) in [5.74, 6) is -1.85. The van der Waals surface area contributed by atoms with Crippen molar-refractivity contribution in [3.05, 3.63) is 70.3 Å². The van der Waals surface area contributed by atoms with Crippen molar-refractivity contribution >= 4 is 41.5 Å². The number of imide groups is 2. The van der Waals surface area contributed by atoms with Gasteiger partial charge in [0, 0.05) is 5.02 Å². The Morgan fingerprint density at radius 3 is 2.23 bits per heavy atom. The molecule has 0 saturated carbocycles. The predicted molar refractivity (Wildman–Crippen MR) is 92.5 cm³/mol. The Morgan fingerprint density at radius 2 is 1.62 bits per heavy atom. The molecular weight excluding hydrogens is 360 g/mol. The molecule has 0 atom stereocenters. The third kappa shape index (κ3) is 3.96. The number of amides is 4. The van der Waals surface area contributed by atoms with Gasteiger partial charge in [0.2, 0.25) is 0 Å². The van der Waals surface area contributed by atoms with E-state index in [1.165, 1.54) is 24.3 Å². The topological polar surface area (TPSA) is 102 Å². The first-order valence-corrected chi connectivity index (χ1v) is 7.76. The van der Waals surface area contributed by atoms with Gasteiger partial charge in [0.15, 0.2) is 0 Å². The fourth-order valence-electron chi connectivity index (χ4n) is 2.19. The number of carbonyl (C=O) groups excluding carboxylic acids is 4. The number of carbonyl (C=O) groups is 4. The van der Waals surface area contributed by atoms with E-state index in [1.54, 1.807) is 30.3 Å². The molecule has 1 aliphatic heterocycles. The van der Waals surface area contributed by atoms with Crippen LogP contribution in [0, 0.1) is 0 Å². The zero-order chi connectivity index (χ0) is 18.7. The molecule has 130 valence electrons. The molecule has 2 aromatic carbocycles. The lowest BCUT2D eigenvalue weighted by molar-refractivity contribution is -0.123. The summed E-state index contributed by atoms with van der Waals surface area (Å²) in [6, 6.07) is 11.6. The third-order valence-corrected chi connectivity index (χ3v) is 3.64. The number of ether oxygens (including phenoxy) is 1. The van der Waals surface area contributed by atoms with Crippen LogP contribution in [0.1, 0.15) is 15.9 Å². The van der Waals surface area contributed by atoms with Crippen molar-refractivity contribution in [2.75, 3.05) is 0 Å². The highest BCUT2D eigenvalue weighted by Gasteiger charge is 2.27. The molecule has 0 aliphatic carbocycles. The molecule has 7 nitrogen and oxygen atoms in total. The average Bonchev–Trinajstić information content (AvgIpc) is 2.59.